The van der Waals surface area contributed by atoms with Gasteiger partial charge in [-0.1, -0.05) is 24.6 Å². The van der Waals surface area contributed by atoms with Crippen LogP contribution in [0.1, 0.15) is 43.7 Å². The number of nitrogens with one attached hydrogen (secondary N) is 1. The minimum Gasteiger partial charge on any atom is -0.311 e. The molecule has 2 unspecified atom stereocenters. The number of hydrogen-bond acceptors (Lipinski definition) is 2. The standard InChI is InChI=1S/C17H25ClN2/c1-3-20(11-13-4-5-14(18)8-12(13)2)17-9-15-6-7-16(10-17)19-15/h4-5,8,15-17,19H,3,6-7,9-11H2,1-2H3. The van der Waals surface area contributed by atoms with Crippen LogP contribution in [0.3, 0.4) is 0 Å². The smallest absolute Gasteiger partial charge is 0.0408 e. The Morgan fingerprint density at radius 2 is 1.95 bits per heavy atom. The molecular weight excluding hydrogens is 268 g/mol. The molecule has 2 saturated heterocycles. The Morgan fingerprint density at radius 1 is 1.25 bits per heavy atom. The number of aryl methyl sites for hydroxylation is 1. The average Bonchev–Trinajstić information content (AvgIpc) is 2.77. The summed E-state index contributed by atoms with van der Waals surface area (Å²) in [6.45, 7) is 6.64. The molecule has 0 aliphatic carbocycles. The molecule has 2 nitrogen and oxygen atoms in total. The van der Waals surface area contributed by atoms with Crippen LogP contribution in [0.15, 0.2) is 18.2 Å². The van der Waals surface area contributed by atoms with E-state index in [1.807, 2.05) is 6.07 Å². The summed E-state index contributed by atoms with van der Waals surface area (Å²) in [6, 6.07) is 8.56. The third-order valence-electron chi connectivity index (χ3n) is 5.05. The molecule has 2 aliphatic rings. The minimum atomic E-state index is 0.744. The summed E-state index contributed by atoms with van der Waals surface area (Å²) in [5.74, 6) is 0. The van der Waals surface area contributed by atoms with Gasteiger partial charge in [-0.05, 0) is 62.4 Å². The fraction of sp³-hybridized carbons (Fsp3) is 0.647. The van der Waals surface area contributed by atoms with Crippen LogP contribution in [0.25, 0.3) is 0 Å². The Morgan fingerprint density at radius 3 is 2.55 bits per heavy atom. The van der Waals surface area contributed by atoms with E-state index in [-0.39, 0.29) is 0 Å². The summed E-state index contributed by atoms with van der Waals surface area (Å²) in [6.07, 6.45) is 5.38. The Labute approximate surface area is 127 Å². The molecular formula is C17H25ClN2. The second-order valence-corrected chi connectivity index (χ2v) is 6.83. The van der Waals surface area contributed by atoms with Crippen molar-refractivity contribution in [2.45, 2.75) is 64.2 Å². The van der Waals surface area contributed by atoms with Crippen LogP contribution in [0, 0.1) is 6.92 Å². The molecule has 2 atom stereocenters. The second-order valence-electron chi connectivity index (χ2n) is 6.40. The number of hydrogen-bond donors (Lipinski definition) is 1. The molecule has 2 aliphatic heterocycles. The molecule has 0 spiro atoms. The van der Waals surface area contributed by atoms with Gasteiger partial charge >= 0.3 is 0 Å². The van der Waals surface area contributed by atoms with E-state index in [4.69, 9.17) is 11.6 Å². The van der Waals surface area contributed by atoms with Crippen molar-refractivity contribution in [3.05, 3.63) is 34.3 Å². The molecule has 2 heterocycles. The number of piperidine rings is 1. The van der Waals surface area contributed by atoms with E-state index in [1.165, 1.54) is 36.8 Å². The van der Waals surface area contributed by atoms with Crippen molar-refractivity contribution < 1.29 is 0 Å². The number of benzene rings is 1. The quantitative estimate of drug-likeness (QED) is 0.909. The Bertz CT molecular complexity index is 462. The van der Waals surface area contributed by atoms with Crippen molar-refractivity contribution in [2.75, 3.05) is 6.54 Å². The first-order chi connectivity index (χ1) is 9.65. The topological polar surface area (TPSA) is 15.3 Å². The van der Waals surface area contributed by atoms with Gasteiger partial charge in [-0.3, -0.25) is 4.90 Å². The van der Waals surface area contributed by atoms with Gasteiger partial charge in [0.2, 0.25) is 0 Å². The number of rotatable bonds is 4. The Balaban J connectivity index is 1.70. The molecule has 2 fully saturated rings. The van der Waals surface area contributed by atoms with E-state index >= 15 is 0 Å². The van der Waals surface area contributed by atoms with Gasteiger partial charge in [0.15, 0.2) is 0 Å². The highest BCUT2D eigenvalue weighted by molar-refractivity contribution is 6.30. The first kappa shape index (κ1) is 14.4. The van der Waals surface area contributed by atoms with E-state index in [0.29, 0.717) is 0 Å². The van der Waals surface area contributed by atoms with E-state index in [9.17, 15) is 0 Å². The van der Waals surface area contributed by atoms with Gasteiger partial charge in [0, 0.05) is 29.7 Å². The van der Waals surface area contributed by atoms with Crippen molar-refractivity contribution in [1.29, 1.82) is 0 Å². The zero-order valence-corrected chi connectivity index (χ0v) is 13.3. The maximum Gasteiger partial charge on any atom is 0.0408 e. The number of halogens is 1. The van der Waals surface area contributed by atoms with Crippen LogP contribution in [-0.2, 0) is 6.54 Å². The molecule has 20 heavy (non-hydrogen) atoms. The lowest BCUT2D eigenvalue weighted by atomic mass is 9.97. The van der Waals surface area contributed by atoms with Crippen LogP contribution in [0.5, 0.6) is 0 Å². The van der Waals surface area contributed by atoms with Crippen molar-refractivity contribution >= 4 is 11.6 Å². The maximum atomic E-state index is 6.06. The van der Waals surface area contributed by atoms with Gasteiger partial charge in [-0.25, -0.2) is 0 Å². The van der Waals surface area contributed by atoms with E-state index in [2.05, 4.69) is 36.2 Å². The first-order valence-electron chi connectivity index (χ1n) is 7.91. The van der Waals surface area contributed by atoms with Crippen molar-refractivity contribution in [3.8, 4) is 0 Å². The summed E-state index contributed by atoms with van der Waals surface area (Å²) in [7, 11) is 0. The number of fused-ring (bicyclic) bond motifs is 2. The van der Waals surface area contributed by atoms with Gasteiger partial charge in [0.1, 0.15) is 0 Å². The highest BCUT2D eigenvalue weighted by atomic mass is 35.5. The van der Waals surface area contributed by atoms with Crippen molar-refractivity contribution in [2.24, 2.45) is 0 Å². The molecule has 2 bridgehead atoms. The molecule has 110 valence electrons. The van der Waals surface area contributed by atoms with E-state index in [0.717, 1.165) is 36.2 Å². The lowest BCUT2D eigenvalue weighted by Gasteiger charge is -2.37. The molecule has 1 aromatic carbocycles. The van der Waals surface area contributed by atoms with Gasteiger partial charge in [-0.2, -0.15) is 0 Å². The fourth-order valence-electron chi connectivity index (χ4n) is 3.88. The van der Waals surface area contributed by atoms with Gasteiger partial charge < -0.3 is 5.32 Å². The normalized spacial score (nSPS) is 29.1. The third-order valence-corrected chi connectivity index (χ3v) is 5.28. The first-order valence-corrected chi connectivity index (χ1v) is 8.28. The molecule has 1 N–H and O–H groups in total. The maximum absolute atomic E-state index is 6.06. The van der Waals surface area contributed by atoms with E-state index < -0.39 is 0 Å². The Kier molecular flexibility index (Phi) is 4.34. The molecule has 0 aromatic heterocycles. The molecule has 1 aromatic rings. The molecule has 3 heteroatoms. The van der Waals surface area contributed by atoms with Crippen molar-refractivity contribution in [3.63, 3.8) is 0 Å². The monoisotopic (exact) mass is 292 g/mol. The van der Waals surface area contributed by atoms with Gasteiger partial charge in [-0.15, -0.1) is 0 Å². The van der Waals surface area contributed by atoms with Crippen molar-refractivity contribution in [1.82, 2.24) is 10.2 Å². The molecule has 0 radical (unpaired) electrons. The summed E-state index contributed by atoms with van der Waals surface area (Å²) in [4.78, 5) is 2.66. The number of nitrogens with zero attached hydrogens (tertiary/aromatic N) is 1. The van der Waals surface area contributed by atoms with Crippen LogP contribution in [-0.4, -0.2) is 29.6 Å². The van der Waals surface area contributed by atoms with Gasteiger partial charge in [0.05, 0.1) is 0 Å². The Hall–Kier alpha value is -0.570. The van der Waals surface area contributed by atoms with Crippen LogP contribution in [0.2, 0.25) is 5.02 Å². The summed E-state index contributed by atoms with van der Waals surface area (Å²) >= 11 is 6.06. The molecule has 0 saturated carbocycles. The third kappa shape index (κ3) is 3.03. The molecule has 3 rings (SSSR count). The summed E-state index contributed by atoms with van der Waals surface area (Å²) in [5.41, 5.74) is 2.73. The fourth-order valence-corrected chi connectivity index (χ4v) is 4.11. The predicted octanol–water partition coefficient (Wildman–Crippen LogP) is 3.75. The highest BCUT2D eigenvalue weighted by Gasteiger charge is 2.35. The SMILES string of the molecule is CCN(Cc1ccc(Cl)cc1C)C1CC2CCC(C1)N2. The zero-order valence-electron chi connectivity index (χ0n) is 12.5. The second kappa shape index (κ2) is 6.05. The minimum absolute atomic E-state index is 0.744. The van der Waals surface area contributed by atoms with Crippen LogP contribution >= 0.6 is 11.6 Å². The highest BCUT2D eigenvalue weighted by Crippen LogP contribution is 2.30. The summed E-state index contributed by atoms with van der Waals surface area (Å²) in [5, 5.41) is 4.58. The summed E-state index contributed by atoms with van der Waals surface area (Å²) < 4.78 is 0. The average molecular weight is 293 g/mol. The van der Waals surface area contributed by atoms with Gasteiger partial charge in [0.25, 0.3) is 0 Å². The lowest BCUT2D eigenvalue weighted by molar-refractivity contribution is 0.140. The zero-order chi connectivity index (χ0) is 14.1. The van der Waals surface area contributed by atoms with Crippen LogP contribution < -0.4 is 5.32 Å². The molecule has 0 amide bonds. The van der Waals surface area contributed by atoms with E-state index in [1.54, 1.807) is 0 Å². The van der Waals surface area contributed by atoms with Crippen LogP contribution in [0.4, 0.5) is 0 Å². The largest absolute Gasteiger partial charge is 0.311 e. The predicted molar refractivity (Wildman–Crippen MR) is 85.2 cm³/mol. The lowest BCUT2D eigenvalue weighted by Crippen LogP contribution is -2.48.